The second-order valence-electron chi connectivity index (χ2n) is 6.54. The first-order valence-electron chi connectivity index (χ1n) is 8.67. The Morgan fingerprint density at radius 1 is 1.24 bits per heavy atom. The molecule has 0 aliphatic carbocycles. The van der Waals surface area contributed by atoms with Gasteiger partial charge in [0.1, 0.15) is 0 Å². The van der Waals surface area contributed by atoms with Gasteiger partial charge >= 0.3 is 5.97 Å². The Balaban J connectivity index is 2.03. The quantitative estimate of drug-likeness (QED) is 0.682. The van der Waals surface area contributed by atoms with E-state index in [1.165, 1.54) is 12.7 Å². The maximum Gasteiger partial charge on any atom is 0.309 e. The highest BCUT2D eigenvalue weighted by atomic mass is 16.5. The van der Waals surface area contributed by atoms with E-state index in [4.69, 9.17) is 9.26 Å². The number of aromatic nitrogens is 2. The van der Waals surface area contributed by atoms with Gasteiger partial charge in [0.25, 0.3) is 0 Å². The van der Waals surface area contributed by atoms with Crippen LogP contribution in [0.4, 0.5) is 0 Å². The molecule has 0 bridgehead atoms. The molecule has 0 aliphatic rings. The van der Waals surface area contributed by atoms with Crippen molar-refractivity contribution in [1.82, 2.24) is 15.0 Å². The Hall–Kier alpha value is -2.21. The molecule has 0 spiro atoms. The first-order chi connectivity index (χ1) is 11.9. The van der Waals surface area contributed by atoms with Gasteiger partial charge in [0.05, 0.1) is 19.6 Å². The summed E-state index contributed by atoms with van der Waals surface area (Å²) in [6.45, 7) is 10.1. The summed E-state index contributed by atoms with van der Waals surface area (Å²) < 4.78 is 10.2. The summed E-state index contributed by atoms with van der Waals surface area (Å²) in [4.78, 5) is 18.1. The Bertz CT molecular complexity index is 679. The molecule has 1 aromatic heterocycles. The van der Waals surface area contributed by atoms with Gasteiger partial charge in [-0.1, -0.05) is 57.1 Å². The van der Waals surface area contributed by atoms with Crippen molar-refractivity contribution in [3.8, 4) is 11.4 Å². The summed E-state index contributed by atoms with van der Waals surface area (Å²) in [5, 5.41) is 4.07. The molecule has 2 aromatic rings. The highest BCUT2D eigenvalue weighted by molar-refractivity contribution is 5.72. The zero-order chi connectivity index (χ0) is 18.4. The fourth-order valence-electron chi connectivity index (χ4n) is 2.61. The highest BCUT2D eigenvalue weighted by Crippen LogP contribution is 2.21. The standard InChI is InChI=1S/C19H27N3O3/c1-6-22(11-14(4)19(23)24-5)12-17-20-18(21-25-17)16-9-7-15(8-10-16)13(2)3/h7-10,13-14H,6,11-12H2,1-5H3. The third kappa shape index (κ3) is 5.13. The average molecular weight is 345 g/mol. The molecular weight excluding hydrogens is 318 g/mol. The molecular formula is C19H27N3O3. The Labute approximate surface area is 149 Å². The fraction of sp³-hybridized carbons (Fsp3) is 0.526. The van der Waals surface area contributed by atoms with Gasteiger partial charge < -0.3 is 9.26 Å². The molecule has 2 rings (SSSR count). The van der Waals surface area contributed by atoms with Gasteiger partial charge in [-0.3, -0.25) is 9.69 Å². The predicted octanol–water partition coefficient (Wildman–Crippen LogP) is 3.49. The van der Waals surface area contributed by atoms with E-state index in [0.29, 0.717) is 30.7 Å². The number of benzene rings is 1. The molecule has 136 valence electrons. The molecule has 25 heavy (non-hydrogen) atoms. The number of hydrogen-bond donors (Lipinski definition) is 0. The van der Waals surface area contributed by atoms with Crippen molar-refractivity contribution in [3.63, 3.8) is 0 Å². The van der Waals surface area contributed by atoms with E-state index in [1.54, 1.807) is 0 Å². The second-order valence-corrected chi connectivity index (χ2v) is 6.54. The molecule has 0 fully saturated rings. The lowest BCUT2D eigenvalue weighted by atomic mass is 10.0. The zero-order valence-corrected chi connectivity index (χ0v) is 15.7. The zero-order valence-electron chi connectivity index (χ0n) is 15.7. The summed E-state index contributed by atoms with van der Waals surface area (Å²) in [5.74, 6) is 1.21. The van der Waals surface area contributed by atoms with Crippen LogP contribution in [0.15, 0.2) is 28.8 Å². The predicted molar refractivity (Wildman–Crippen MR) is 96.0 cm³/mol. The van der Waals surface area contributed by atoms with E-state index in [-0.39, 0.29) is 11.9 Å². The van der Waals surface area contributed by atoms with Crippen LogP contribution in [0.5, 0.6) is 0 Å². The van der Waals surface area contributed by atoms with E-state index in [0.717, 1.165) is 12.1 Å². The number of carbonyl (C=O) groups excluding carboxylic acids is 1. The lowest BCUT2D eigenvalue weighted by Crippen LogP contribution is -2.32. The molecule has 1 atom stereocenters. The maximum atomic E-state index is 11.6. The van der Waals surface area contributed by atoms with Gasteiger partial charge in [-0.05, 0) is 18.0 Å². The Morgan fingerprint density at radius 2 is 1.92 bits per heavy atom. The van der Waals surface area contributed by atoms with Crippen LogP contribution >= 0.6 is 0 Å². The minimum atomic E-state index is -0.213. The van der Waals surface area contributed by atoms with Crippen LogP contribution in [-0.2, 0) is 16.1 Å². The van der Waals surface area contributed by atoms with E-state index < -0.39 is 0 Å². The van der Waals surface area contributed by atoms with Gasteiger partial charge in [0, 0.05) is 12.1 Å². The summed E-state index contributed by atoms with van der Waals surface area (Å²) in [5.41, 5.74) is 2.21. The molecule has 0 amide bonds. The lowest BCUT2D eigenvalue weighted by Gasteiger charge is -2.21. The summed E-state index contributed by atoms with van der Waals surface area (Å²) in [7, 11) is 1.41. The van der Waals surface area contributed by atoms with Crippen molar-refractivity contribution in [1.29, 1.82) is 0 Å². The molecule has 0 saturated heterocycles. The minimum Gasteiger partial charge on any atom is -0.469 e. The monoisotopic (exact) mass is 345 g/mol. The number of hydrogen-bond acceptors (Lipinski definition) is 6. The smallest absolute Gasteiger partial charge is 0.309 e. The van der Waals surface area contributed by atoms with Crippen LogP contribution in [0.2, 0.25) is 0 Å². The van der Waals surface area contributed by atoms with Crippen LogP contribution in [0.1, 0.15) is 45.1 Å². The van der Waals surface area contributed by atoms with Crippen molar-refractivity contribution < 1.29 is 14.1 Å². The molecule has 6 nitrogen and oxygen atoms in total. The van der Waals surface area contributed by atoms with Gasteiger partial charge in [0.15, 0.2) is 0 Å². The van der Waals surface area contributed by atoms with E-state index in [1.807, 2.05) is 26.0 Å². The number of esters is 1. The Morgan fingerprint density at radius 3 is 2.48 bits per heavy atom. The number of nitrogens with zero attached hydrogens (tertiary/aromatic N) is 3. The first kappa shape index (κ1) is 19.1. The van der Waals surface area contributed by atoms with Crippen LogP contribution in [0.25, 0.3) is 11.4 Å². The van der Waals surface area contributed by atoms with Crippen LogP contribution in [0, 0.1) is 5.92 Å². The van der Waals surface area contributed by atoms with Crippen LogP contribution < -0.4 is 0 Å². The molecule has 1 aromatic carbocycles. The average Bonchev–Trinajstić information content (AvgIpc) is 3.08. The SMILES string of the molecule is CCN(Cc1nc(-c2ccc(C(C)C)cc2)no1)CC(C)C(=O)OC. The molecule has 1 unspecified atom stereocenters. The molecule has 0 aliphatic heterocycles. The third-order valence-electron chi connectivity index (χ3n) is 4.25. The maximum absolute atomic E-state index is 11.6. The lowest BCUT2D eigenvalue weighted by molar-refractivity contribution is -0.145. The Kier molecular flexibility index (Phi) is 6.70. The third-order valence-corrected chi connectivity index (χ3v) is 4.25. The number of carbonyl (C=O) groups is 1. The number of methoxy groups -OCH3 is 1. The molecule has 0 radical (unpaired) electrons. The van der Waals surface area contributed by atoms with Gasteiger partial charge in [-0.2, -0.15) is 4.98 Å². The first-order valence-corrected chi connectivity index (χ1v) is 8.67. The van der Waals surface area contributed by atoms with Crippen molar-refractivity contribution in [3.05, 3.63) is 35.7 Å². The minimum absolute atomic E-state index is 0.198. The van der Waals surface area contributed by atoms with Crippen LogP contribution in [0.3, 0.4) is 0 Å². The molecule has 1 heterocycles. The van der Waals surface area contributed by atoms with Crippen molar-refractivity contribution in [2.24, 2.45) is 5.92 Å². The normalized spacial score (nSPS) is 12.6. The van der Waals surface area contributed by atoms with Crippen molar-refractivity contribution in [2.45, 2.75) is 40.2 Å². The van der Waals surface area contributed by atoms with Crippen molar-refractivity contribution >= 4 is 5.97 Å². The van der Waals surface area contributed by atoms with E-state index in [2.05, 4.69) is 41.0 Å². The highest BCUT2D eigenvalue weighted by Gasteiger charge is 2.19. The summed E-state index contributed by atoms with van der Waals surface area (Å²) in [6.07, 6.45) is 0. The summed E-state index contributed by atoms with van der Waals surface area (Å²) in [6, 6.07) is 8.21. The van der Waals surface area contributed by atoms with Gasteiger partial charge in [-0.25, -0.2) is 0 Å². The fourth-order valence-corrected chi connectivity index (χ4v) is 2.61. The van der Waals surface area contributed by atoms with Crippen molar-refractivity contribution in [2.75, 3.05) is 20.2 Å². The van der Waals surface area contributed by atoms with Gasteiger partial charge in [0.2, 0.25) is 11.7 Å². The second kappa shape index (κ2) is 8.76. The van der Waals surface area contributed by atoms with Gasteiger partial charge in [-0.15, -0.1) is 0 Å². The van der Waals surface area contributed by atoms with E-state index >= 15 is 0 Å². The molecule has 0 N–H and O–H groups in total. The topological polar surface area (TPSA) is 68.5 Å². The number of ether oxygens (including phenoxy) is 1. The molecule has 0 saturated carbocycles. The molecule has 6 heteroatoms. The number of rotatable bonds is 8. The van der Waals surface area contributed by atoms with Crippen LogP contribution in [-0.4, -0.2) is 41.2 Å². The van der Waals surface area contributed by atoms with E-state index in [9.17, 15) is 4.79 Å². The largest absolute Gasteiger partial charge is 0.469 e. The summed E-state index contributed by atoms with van der Waals surface area (Å²) >= 11 is 0.